The predicted molar refractivity (Wildman–Crippen MR) is 66.3 cm³/mol. The quantitative estimate of drug-likeness (QED) is 0.814. The lowest BCUT2D eigenvalue weighted by Crippen LogP contribution is -2.53. The Bertz CT molecular complexity index is 442. The molecule has 0 spiro atoms. The van der Waals surface area contributed by atoms with Crippen LogP contribution >= 0.6 is 0 Å². The molecule has 0 aromatic carbocycles. The van der Waals surface area contributed by atoms with Gasteiger partial charge in [0, 0.05) is 18.6 Å². The first kappa shape index (κ1) is 11.6. The van der Waals surface area contributed by atoms with Gasteiger partial charge in [-0.15, -0.1) is 5.10 Å². The summed E-state index contributed by atoms with van der Waals surface area (Å²) in [4.78, 5) is 12.1. The average molecular weight is 249 g/mol. The molecular formula is C12H19N5O. The van der Waals surface area contributed by atoms with Gasteiger partial charge in [-0.1, -0.05) is 12.1 Å². The third-order valence-electron chi connectivity index (χ3n) is 4.24. The standard InChI is InChI=1S/C12H19N5O/c1-2-12(4-3-5-12)14-11(18)10-8-17(16-15-10)9-6-13-7-9/h8-9,13H,2-7H2,1H3,(H,14,18). The van der Waals surface area contributed by atoms with Gasteiger partial charge in [0.05, 0.1) is 12.2 Å². The summed E-state index contributed by atoms with van der Waals surface area (Å²) < 4.78 is 1.78. The summed E-state index contributed by atoms with van der Waals surface area (Å²) in [5, 5.41) is 14.3. The Morgan fingerprint density at radius 2 is 2.39 bits per heavy atom. The number of nitrogens with one attached hydrogen (secondary N) is 2. The predicted octanol–water partition coefficient (Wildman–Crippen LogP) is 0.485. The summed E-state index contributed by atoms with van der Waals surface area (Å²) in [6.45, 7) is 3.93. The van der Waals surface area contributed by atoms with Gasteiger partial charge in [0.2, 0.25) is 0 Å². The van der Waals surface area contributed by atoms with E-state index >= 15 is 0 Å². The molecule has 1 saturated carbocycles. The minimum Gasteiger partial charge on any atom is -0.345 e. The van der Waals surface area contributed by atoms with Gasteiger partial charge in [-0.05, 0) is 25.7 Å². The molecule has 1 aromatic heterocycles. The van der Waals surface area contributed by atoms with E-state index in [1.54, 1.807) is 10.9 Å². The smallest absolute Gasteiger partial charge is 0.273 e. The van der Waals surface area contributed by atoms with Gasteiger partial charge in [0.1, 0.15) is 0 Å². The van der Waals surface area contributed by atoms with Crippen LogP contribution in [0.15, 0.2) is 6.20 Å². The molecule has 2 heterocycles. The van der Waals surface area contributed by atoms with Crippen molar-refractivity contribution in [1.82, 2.24) is 25.6 Å². The molecule has 0 radical (unpaired) electrons. The van der Waals surface area contributed by atoms with Gasteiger partial charge in [-0.25, -0.2) is 4.68 Å². The zero-order chi connectivity index (χ0) is 12.6. The van der Waals surface area contributed by atoms with Crippen molar-refractivity contribution in [2.75, 3.05) is 13.1 Å². The van der Waals surface area contributed by atoms with Crippen molar-refractivity contribution < 1.29 is 4.79 Å². The molecule has 18 heavy (non-hydrogen) atoms. The summed E-state index contributed by atoms with van der Waals surface area (Å²) in [6, 6.07) is 0.350. The van der Waals surface area contributed by atoms with Gasteiger partial charge in [-0.3, -0.25) is 4.79 Å². The highest BCUT2D eigenvalue weighted by Crippen LogP contribution is 2.34. The van der Waals surface area contributed by atoms with Gasteiger partial charge in [0.15, 0.2) is 5.69 Å². The minimum atomic E-state index is -0.0879. The first-order valence-electron chi connectivity index (χ1n) is 6.67. The number of amides is 1. The Morgan fingerprint density at radius 3 is 2.89 bits per heavy atom. The van der Waals surface area contributed by atoms with Gasteiger partial charge in [0.25, 0.3) is 5.91 Å². The maximum atomic E-state index is 12.1. The summed E-state index contributed by atoms with van der Waals surface area (Å²) in [7, 11) is 0. The van der Waals surface area contributed by atoms with E-state index in [2.05, 4.69) is 27.9 Å². The van der Waals surface area contributed by atoms with Crippen LogP contribution in [0, 0.1) is 0 Å². The molecule has 1 aliphatic heterocycles. The average Bonchev–Trinajstić information content (AvgIpc) is 2.70. The third-order valence-corrected chi connectivity index (χ3v) is 4.24. The number of carbonyl (C=O) groups excluding carboxylic acids is 1. The van der Waals surface area contributed by atoms with Crippen molar-refractivity contribution in [2.24, 2.45) is 0 Å². The van der Waals surface area contributed by atoms with E-state index < -0.39 is 0 Å². The van der Waals surface area contributed by atoms with E-state index in [1.165, 1.54) is 6.42 Å². The van der Waals surface area contributed by atoms with Gasteiger partial charge < -0.3 is 10.6 Å². The van der Waals surface area contributed by atoms with Crippen molar-refractivity contribution >= 4 is 5.91 Å². The lowest BCUT2D eigenvalue weighted by atomic mass is 9.75. The van der Waals surface area contributed by atoms with Crippen LogP contribution in [-0.2, 0) is 0 Å². The molecule has 0 bridgehead atoms. The molecule has 6 heteroatoms. The van der Waals surface area contributed by atoms with Crippen molar-refractivity contribution in [2.45, 2.75) is 44.2 Å². The molecule has 3 rings (SSSR count). The molecule has 0 unspecified atom stereocenters. The van der Waals surface area contributed by atoms with E-state index in [1.807, 2.05) is 0 Å². The minimum absolute atomic E-state index is 0.0128. The normalized spacial score (nSPS) is 22.1. The highest BCUT2D eigenvalue weighted by Gasteiger charge is 2.37. The molecule has 98 valence electrons. The Hall–Kier alpha value is -1.43. The van der Waals surface area contributed by atoms with Crippen LogP contribution in [0.25, 0.3) is 0 Å². The molecule has 1 aliphatic carbocycles. The second kappa shape index (κ2) is 4.35. The fraction of sp³-hybridized carbons (Fsp3) is 0.750. The number of nitrogens with zero attached hydrogens (tertiary/aromatic N) is 3. The van der Waals surface area contributed by atoms with E-state index in [0.717, 1.165) is 32.4 Å². The lowest BCUT2D eigenvalue weighted by molar-refractivity contribution is 0.0815. The monoisotopic (exact) mass is 249 g/mol. The first-order chi connectivity index (χ1) is 8.72. The molecule has 2 N–H and O–H groups in total. The van der Waals surface area contributed by atoms with Crippen molar-refractivity contribution in [3.8, 4) is 0 Å². The summed E-state index contributed by atoms with van der Waals surface area (Å²) >= 11 is 0. The Kier molecular flexibility index (Phi) is 2.81. The first-order valence-corrected chi connectivity index (χ1v) is 6.67. The summed E-state index contributed by atoms with van der Waals surface area (Å²) in [5.74, 6) is -0.0879. The van der Waals surface area contributed by atoms with Crippen LogP contribution in [0.2, 0.25) is 0 Å². The Morgan fingerprint density at radius 1 is 1.61 bits per heavy atom. The fourth-order valence-corrected chi connectivity index (χ4v) is 2.50. The molecular weight excluding hydrogens is 230 g/mol. The van der Waals surface area contributed by atoms with E-state index in [-0.39, 0.29) is 11.4 Å². The molecule has 2 fully saturated rings. The fourth-order valence-electron chi connectivity index (χ4n) is 2.50. The Labute approximate surface area is 106 Å². The molecule has 2 aliphatic rings. The number of hydrogen-bond donors (Lipinski definition) is 2. The van der Waals surface area contributed by atoms with Crippen molar-refractivity contribution in [3.63, 3.8) is 0 Å². The van der Waals surface area contributed by atoms with Crippen LogP contribution in [0.3, 0.4) is 0 Å². The molecule has 0 atom stereocenters. The zero-order valence-corrected chi connectivity index (χ0v) is 10.6. The van der Waals surface area contributed by atoms with Crippen LogP contribution in [-0.4, -0.2) is 39.5 Å². The summed E-state index contributed by atoms with van der Waals surface area (Å²) in [6.07, 6.45) is 6.10. The van der Waals surface area contributed by atoms with E-state index in [4.69, 9.17) is 0 Å². The molecule has 1 amide bonds. The van der Waals surface area contributed by atoms with Crippen LogP contribution in [0.5, 0.6) is 0 Å². The maximum Gasteiger partial charge on any atom is 0.273 e. The number of hydrogen-bond acceptors (Lipinski definition) is 4. The topological polar surface area (TPSA) is 71.8 Å². The van der Waals surface area contributed by atoms with Crippen LogP contribution < -0.4 is 10.6 Å². The largest absolute Gasteiger partial charge is 0.345 e. The number of carbonyl (C=O) groups is 1. The lowest BCUT2D eigenvalue weighted by Gasteiger charge is -2.41. The molecule has 6 nitrogen and oxygen atoms in total. The van der Waals surface area contributed by atoms with Crippen LogP contribution in [0.4, 0.5) is 0 Å². The second-order valence-corrected chi connectivity index (χ2v) is 5.34. The third kappa shape index (κ3) is 1.90. The van der Waals surface area contributed by atoms with Crippen molar-refractivity contribution in [3.05, 3.63) is 11.9 Å². The number of rotatable bonds is 4. The van der Waals surface area contributed by atoms with E-state index in [9.17, 15) is 4.79 Å². The Balaban J connectivity index is 1.66. The maximum absolute atomic E-state index is 12.1. The second-order valence-electron chi connectivity index (χ2n) is 5.34. The number of aromatic nitrogens is 3. The van der Waals surface area contributed by atoms with E-state index in [0.29, 0.717) is 11.7 Å². The van der Waals surface area contributed by atoms with Gasteiger partial charge in [-0.2, -0.15) is 0 Å². The molecule has 1 aromatic rings. The highest BCUT2D eigenvalue weighted by atomic mass is 16.2. The highest BCUT2D eigenvalue weighted by molar-refractivity contribution is 5.92. The zero-order valence-electron chi connectivity index (χ0n) is 10.6. The molecule has 1 saturated heterocycles. The van der Waals surface area contributed by atoms with Crippen molar-refractivity contribution in [1.29, 1.82) is 0 Å². The SMILES string of the molecule is CCC1(NC(=O)c2cn(C3CNC3)nn2)CCC1. The van der Waals surface area contributed by atoms with Gasteiger partial charge >= 0.3 is 0 Å². The van der Waals surface area contributed by atoms with Crippen LogP contribution in [0.1, 0.15) is 49.1 Å². The summed E-state index contributed by atoms with van der Waals surface area (Å²) in [5.41, 5.74) is 0.445.